The van der Waals surface area contributed by atoms with Crippen molar-refractivity contribution in [1.82, 2.24) is 0 Å². The Kier molecular flexibility index (Phi) is 5.66. The van der Waals surface area contributed by atoms with Crippen LogP contribution in [0, 0.1) is 11.3 Å². The van der Waals surface area contributed by atoms with E-state index in [1.807, 2.05) is 31.2 Å². The summed E-state index contributed by atoms with van der Waals surface area (Å²) in [5.74, 6) is 0.849. The van der Waals surface area contributed by atoms with Gasteiger partial charge in [0.05, 0.1) is 22.7 Å². The largest absolute Gasteiger partial charge is 0.492 e. The van der Waals surface area contributed by atoms with Crippen LogP contribution in [0.5, 0.6) is 5.75 Å². The van der Waals surface area contributed by atoms with Crippen LogP contribution in [-0.4, -0.2) is 6.61 Å². The average molecular weight is 410 g/mol. The molecule has 0 fully saturated rings. The van der Waals surface area contributed by atoms with Gasteiger partial charge in [-0.3, -0.25) is 0 Å². The second-order valence-electron chi connectivity index (χ2n) is 4.35. The molecule has 108 valence electrons. The first-order chi connectivity index (χ1) is 10.1. The van der Waals surface area contributed by atoms with Gasteiger partial charge in [0, 0.05) is 22.3 Å². The van der Waals surface area contributed by atoms with E-state index in [2.05, 4.69) is 43.2 Å². The predicted molar refractivity (Wildman–Crippen MR) is 91.5 cm³/mol. The van der Waals surface area contributed by atoms with Gasteiger partial charge in [-0.1, -0.05) is 15.9 Å². The van der Waals surface area contributed by atoms with E-state index in [9.17, 15) is 0 Å². The van der Waals surface area contributed by atoms with Crippen molar-refractivity contribution in [2.75, 3.05) is 11.9 Å². The lowest BCUT2D eigenvalue weighted by atomic mass is 10.2. The molecule has 0 saturated carbocycles. The lowest BCUT2D eigenvalue weighted by molar-refractivity contribution is 0.334. The standard InChI is InChI=1S/C16H14Br2N2O/c1-2-21-16-12(7-13(17)8-15(16)18)10-20-14-5-3-11(9-19)4-6-14/h3-8,20H,2,10H2,1H3. The molecular weight excluding hydrogens is 396 g/mol. The zero-order valence-corrected chi connectivity index (χ0v) is 14.7. The second kappa shape index (κ2) is 7.48. The first-order valence-corrected chi connectivity index (χ1v) is 8.07. The summed E-state index contributed by atoms with van der Waals surface area (Å²) >= 11 is 7.02. The van der Waals surface area contributed by atoms with Crippen LogP contribution < -0.4 is 10.1 Å². The van der Waals surface area contributed by atoms with Crippen molar-refractivity contribution in [3.05, 3.63) is 56.5 Å². The number of benzene rings is 2. The number of rotatable bonds is 5. The molecule has 0 atom stereocenters. The van der Waals surface area contributed by atoms with E-state index in [4.69, 9.17) is 10.00 Å². The molecule has 2 aromatic carbocycles. The molecule has 1 N–H and O–H groups in total. The van der Waals surface area contributed by atoms with Gasteiger partial charge >= 0.3 is 0 Å². The molecule has 0 aliphatic heterocycles. The number of nitriles is 1. The van der Waals surface area contributed by atoms with Gasteiger partial charge in [-0.15, -0.1) is 0 Å². The van der Waals surface area contributed by atoms with Gasteiger partial charge in [-0.25, -0.2) is 0 Å². The highest BCUT2D eigenvalue weighted by Gasteiger charge is 2.10. The van der Waals surface area contributed by atoms with Gasteiger partial charge in [-0.2, -0.15) is 5.26 Å². The van der Waals surface area contributed by atoms with Crippen LogP contribution in [0.25, 0.3) is 0 Å². The van der Waals surface area contributed by atoms with Crippen LogP contribution >= 0.6 is 31.9 Å². The van der Waals surface area contributed by atoms with Crippen LogP contribution in [0.3, 0.4) is 0 Å². The Labute approximate surface area is 141 Å². The Morgan fingerprint density at radius 2 is 1.90 bits per heavy atom. The highest BCUT2D eigenvalue weighted by Crippen LogP contribution is 2.33. The average Bonchev–Trinajstić information content (AvgIpc) is 2.48. The summed E-state index contributed by atoms with van der Waals surface area (Å²) < 4.78 is 7.62. The van der Waals surface area contributed by atoms with E-state index in [0.29, 0.717) is 18.7 Å². The van der Waals surface area contributed by atoms with Gasteiger partial charge in [0.1, 0.15) is 5.75 Å². The van der Waals surface area contributed by atoms with Gasteiger partial charge in [0.15, 0.2) is 0 Å². The summed E-state index contributed by atoms with van der Waals surface area (Å²) in [6, 6.07) is 13.5. The van der Waals surface area contributed by atoms with Crippen molar-refractivity contribution in [3.63, 3.8) is 0 Å². The van der Waals surface area contributed by atoms with Gasteiger partial charge in [0.2, 0.25) is 0 Å². The number of hydrogen-bond donors (Lipinski definition) is 1. The fraction of sp³-hybridized carbons (Fsp3) is 0.188. The van der Waals surface area contributed by atoms with Crippen molar-refractivity contribution in [2.45, 2.75) is 13.5 Å². The smallest absolute Gasteiger partial charge is 0.138 e. The Morgan fingerprint density at radius 1 is 1.19 bits per heavy atom. The third-order valence-corrected chi connectivity index (χ3v) is 3.92. The minimum atomic E-state index is 0.615. The van der Waals surface area contributed by atoms with E-state index < -0.39 is 0 Å². The van der Waals surface area contributed by atoms with Crippen molar-refractivity contribution < 1.29 is 4.74 Å². The fourth-order valence-corrected chi connectivity index (χ4v) is 3.34. The molecule has 2 rings (SSSR count). The Hall–Kier alpha value is -1.51. The molecule has 0 spiro atoms. The summed E-state index contributed by atoms with van der Waals surface area (Å²) in [6.07, 6.45) is 0. The van der Waals surface area contributed by atoms with Crippen LogP contribution in [0.2, 0.25) is 0 Å². The molecule has 0 radical (unpaired) electrons. The number of halogens is 2. The third kappa shape index (κ3) is 4.23. The van der Waals surface area contributed by atoms with E-state index in [-0.39, 0.29) is 0 Å². The summed E-state index contributed by atoms with van der Waals surface area (Å²) in [5, 5.41) is 12.1. The minimum absolute atomic E-state index is 0.615. The molecule has 0 saturated heterocycles. The molecule has 21 heavy (non-hydrogen) atoms. The number of nitrogens with one attached hydrogen (secondary N) is 1. The van der Waals surface area contributed by atoms with Crippen molar-refractivity contribution >= 4 is 37.5 Å². The highest BCUT2D eigenvalue weighted by molar-refractivity contribution is 9.11. The fourth-order valence-electron chi connectivity index (χ4n) is 1.91. The Bertz CT molecular complexity index is 663. The number of ether oxygens (including phenoxy) is 1. The molecule has 3 nitrogen and oxygen atoms in total. The molecule has 0 heterocycles. The van der Waals surface area contributed by atoms with Gasteiger partial charge < -0.3 is 10.1 Å². The molecule has 0 bridgehead atoms. The molecular formula is C16H14Br2N2O. The molecule has 2 aromatic rings. The van der Waals surface area contributed by atoms with Crippen LogP contribution in [0.15, 0.2) is 45.3 Å². The zero-order chi connectivity index (χ0) is 15.2. The zero-order valence-electron chi connectivity index (χ0n) is 11.5. The quantitative estimate of drug-likeness (QED) is 0.747. The predicted octanol–water partition coefficient (Wildman–Crippen LogP) is 5.09. The highest BCUT2D eigenvalue weighted by atomic mass is 79.9. The SMILES string of the molecule is CCOc1c(Br)cc(Br)cc1CNc1ccc(C#N)cc1. The lowest BCUT2D eigenvalue weighted by Gasteiger charge is -2.14. The van der Waals surface area contributed by atoms with E-state index in [1.165, 1.54) is 0 Å². The number of nitrogens with zero attached hydrogens (tertiary/aromatic N) is 1. The Morgan fingerprint density at radius 3 is 2.52 bits per heavy atom. The van der Waals surface area contributed by atoms with Crippen molar-refractivity contribution in [3.8, 4) is 11.8 Å². The molecule has 0 aliphatic rings. The van der Waals surface area contributed by atoms with Crippen LogP contribution in [0.4, 0.5) is 5.69 Å². The monoisotopic (exact) mass is 408 g/mol. The topological polar surface area (TPSA) is 45.0 Å². The van der Waals surface area contributed by atoms with E-state index in [1.54, 1.807) is 12.1 Å². The molecule has 5 heteroatoms. The molecule has 0 aromatic heterocycles. The third-order valence-electron chi connectivity index (χ3n) is 2.87. The summed E-state index contributed by atoms with van der Waals surface area (Å²) in [5.41, 5.74) is 2.68. The van der Waals surface area contributed by atoms with Gasteiger partial charge in [0.25, 0.3) is 0 Å². The molecule has 0 amide bonds. The maximum atomic E-state index is 8.80. The van der Waals surface area contributed by atoms with Crippen LogP contribution in [0.1, 0.15) is 18.1 Å². The Balaban J connectivity index is 2.16. The molecule has 0 unspecified atom stereocenters. The lowest BCUT2D eigenvalue weighted by Crippen LogP contribution is -2.04. The minimum Gasteiger partial charge on any atom is -0.492 e. The van der Waals surface area contributed by atoms with E-state index in [0.717, 1.165) is 25.9 Å². The van der Waals surface area contributed by atoms with Crippen molar-refractivity contribution in [2.24, 2.45) is 0 Å². The van der Waals surface area contributed by atoms with E-state index >= 15 is 0 Å². The number of hydrogen-bond acceptors (Lipinski definition) is 3. The number of anilines is 1. The van der Waals surface area contributed by atoms with Gasteiger partial charge in [-0.05, 0) is 59.3 Å². The second-order valence-corrected chi connectivity index (χ2v) is 6.12. The first-order valence-electron chi connectivity index (χ1n) is 6.48. The van der Waals surface area contributed by atoms with Crippen molar-refractivity contribution in [1.29, 1.82) is 5.26 Å². The maximum absolute atomic E-state index is 8.80. The van der Waals surface area contributed by atoms with Crippen LogP contribution in [-0.2, 0) is 6.54 Å². The normalized spacial score (nSPS) is 10.0. The summed E-state index contributed by atoms with van der Waals surface area (Å²) in [4.78, 5) is 0. The summed E-state index contributed by atoms with van der Waals surface area (Å²) in [6.45, 7) is 3.22. The maximum Gasteiger partial charge on any atom is 0.138 e. The first kappa shape index (κ1) is 15.9. The molecule has 0 aliphatic carbocycles. The summed E-state index contributed by atoms with van der Waals surface area (Å²) in [7, 11) is 0.